The summed E-state index contributed by atoms with van der Waals surface area (Å²) in [6.07, 6.45) is 1.26. The number of ether oxygens (including phenoxy) is 1. The summed E-state index contributed by atoms with van der Waals surface area (Å²) in [5.41, 5.74) is 1.52. The van der Waals surface area contributed by atoms with Crippen LogP contribution in [0.15, 0.2) is 36.4 Å². The van der Waals surface area contributed by atoms with Crippen LogP contribution in [0.1, 0.15) is 24.0 Å². The number of carbonyl (C=O) groups excluding carboxylic acids is 1. The van der Waals surface area contributed by atoms with Gasteiger partial charge in [0, 0.05) is 18.1 Å². The second-order valence-electron chi connectivity index (χ2n) is 7.75. The fourth-order valence-electron chi connectivity index (χ4n) is 3.49. The van der Waals surface area contributed by atoms with Crippen LogP contribution in [-0.4, -0.2) is 44.9 Å². The number of halogens is 3. The highest BCUT2D eigenvalue weighted by molar-refractivity contribution is 7.88. The second-order valence-corrected chi connectivity index (χ2v) is 10.9. The topological polar surface area (TPSA) is 75.7 Å². The molecule has 0 radical (unpaired) electrons. The predicted octanol–water partition coefficient (Wildman–Crippen LogP) is 4.69. The maximum atomic E-state index is 12.9. The van der Waals surface area contributed by atoms with E-state index in [9.17, 15) is 13.2 Å². The first-order valence-electron chi connectivity index (χ1n) is 10.2. The van der Waals surface area contributed by atoms with Crippen LogP contribution < -0.4 is 10.1 Å². The molecular weight excluding hydrogens is 495 g/mol. The number of nitrogens with one attached hydrogen (secondary N) is 1. The quantitative estimate of drug-likeness (QED) is 0.513. The van der Waals surface area contributed by atoms with Crippen molar-refractivity contribution in [2.45, 2.75) is 25.5 Å². The van der Waals surface area contributed by atoms with Crippen molar-refractivity contribution in [2.75, 3.05) is 26.2 Å². The fraction of sp³-hybridized carbons (Fsp3) is 0.409. The predicted molar refractivity (Wildman–Crippen MR) is 128 cm³/mol. The normalized spacial score (nSPS) is 17.2. The van der Waals surface area contributed by atoms with Gasteiger partial charge in [0.1, 0.15) is 12.4 Å². The Kier molecular flexibility index (Phi) is 8.69. The number of hydrogen-bond acceptors (Lipinski definition) is 4. The molecule has 1 aliphatic rings. The number of hydrogen-bond donors (Lipinski definition) is 1. The summed E-state index contributed by atoms with van der Waals surface area (Å²) in [5, 5.41) is 4.14. The lowest BCUT2D eigenvalue weighted by molar-refractivity contribution is -0.126. The van der Waals surface area contributed by atoms with Gasteiger partial charge in [-0.15, -0.1) is 0 Å². The molecule has 3 rings (SSSR count). The van der Waals surface area contributed by atoms with Gasteiger partial charge in [-0.1, -0.05) is 46.9 Å². The number of nitrogens with zero attached hydrogens (tertiary/aromatic N) is 1. The molecule has 1 N–H and O–H groups in total. The Hall–Kier alpha value is -1.51. The molecule has 1 atom stereocenters. The number of rotatable bonds is 8. The molecule has 1 fully saturated rings. The Morgan fingerprint density at radius 3 is 2.62 bits per heavy atom. The number of sulfonamides is 1. The second kappa shape index (κ2) is 11.1. The summed E-state index contributed by atoms with van der Waals surface area (Å²) < 4.78 is 32.7. The zero-order valence-corrected chi connectivity index (χ0v) is 20.7. The zero-order valence-electron chi connectivity index (χ0n) is 17.6. The fourth-order valence-corrected chi connectivity index (χ4v) is 5.58. The SMILES string of the molecule is Cc1ccc(OCCNC(=O)C2CCCN(S(=O)(=O)Cc3ccc(Cl)c(Cl)c3)C2)cc1Cl. The monoisotopic (exact) mass is 518 g/mol. The third kappa shape index (κ3) is 6.75. The van der Waals surface area contributed by atoms with Crippen molar-refractivity contribution >= 4 is 50.7 Å². The summed E-state index contributed by atoms with van der Waals surface area (Å²) >= 11 is 18.0. The number of benzene rings is 2. The van der Waals surface area contributed by atoms with Crippen LogP contribution in [0.25, 0.3) is 0 Å². The van der Waals surface area contributed by atoms with E-state index in [0.717, 1.165) is 5.56 Å². The number of piperidine rings is 1. The number of amides is 1. The van der Waals surface area contributed by atoms with Crippen LogP contribution in [0, 0.1) is 12.8 Å². The summed E-state index contributed by atoms with van der Waals surface area (Å²) in [6.45, 7) is 3.06. The van der Waals surface area contributed by atoms with Crippen molar-refractivity contribution in [3.8, 4) is 5.75 Å². The van der Waals surface area contributed by atoms with Crippen LogP contribution in [0.4, 0.5) is 0 Å². The van der Waals surface area contributed by atoms with Crippen molar-refractivity contribution in [1.82, 2.24) is 9.62 Å². The van der Waals surface area contributed by atoms with E-state index in [1.54, 1.807) is 24.3 Å². The first kappa shape index (κ1) is 25.1. The summed E-state index contributed by atoms with van der Waals surface area (Å²) in [6, 6.07) is 10.2. The van der Waals surface area contributed by atoms with Crippen LogP contribution in [-0.2, 0) is 20.6 Å². The Morgan fingerprint density at radius 2 is 1.91 bits per heavy atom. The van der Waals surface area contributed by atoms with Gasteiger partial charge in [-0.05, 0) is 55.2 Å². The summed E-state index contributed by atoms with van der Waals surface area (Å²) in [5.74, 6) is -0.135. The lowest BCUT2D eigenvalue weighted by Crippen LogP contribution is -2.46. The summed E-state index contributed by atoms with van der Waals surface area (Å²) in [4.78, 5) is 12.6. The number of carbonyl (C=O) groups is 1. The maximum absolute atomic E-state index is 12.9. The smallest absolute Gasteiger partial charge is 0.224 e. The standard InChI is InChI=1S/C22H25Cl3N2O4S/c1-15-4-6-18(12-20(15)24)31-10-8-26-22(28)17-3-2-9-27(13-17)32(29,30)14-16-5-7-19(23)21(25)11-16/h4-7,11-12,17H,2-3,8-10,13-14H2,1H3,(H,26,28). The van der Waals surface area contributed by atoms with E-state index in [1.165, 1.54) is 4.31 Å². The molecule has 1 aliphatic heterocycles. The highest BCUT2D eigenvalue weighted by atomic mass is 35.5. The van der Waals surface area contributed by atoms with Crippen LogP contribution in [0.3, 0.4) is 0 Å². The van der Waals surface area contributed by atoms with Gasteiger partial charge in [0.05, 0.1) is 28.3 Å². The van der Waals surface area contributed by atoms with Gasteiger partial charge in [0.15, 0.2) is 0 Å². The van der Waals surface area contributed by atoms with Crippen molar-refractivity contribution in [3.05, 3.63) is 62.6 Å². The Morgan fingerprint density at radius 1 is 1.12 bits per heavy atom. The van der Waals surface area contributed by atoms with E-state index in [2.05, 4.69) is 5.32 Å². The van der Waals surface area contributed by atoms with Crippen molar-refractivity contribution in [1.29, 1.82) is 0 Å². The van der Waals surface area contributed by atoms with E-state index in [-0.39, 0.29) is 24.8 Å². The molecule has 1 unspecified atom stereocenters. The highest BCUT2D eigenvalue weighted by Gasteiger charge is 2.32. The third-order valence-electron chi connectivity index (χ3n) is 5.29. The molecule has 1 saturated heterocycles. The van der Waals surface area contributed by atoms with E-state index < -0.39 is 15.9 Å². The van der Waals surface area contributed by atoms with E-state index in [1.807, 2.05) is 19.1 Å². The average Bonchev–Trinajstić information content (AvgIpc) is 2.76. The van der Waals surface area contributed by atoms with Crippen molar-refractivity contribution < 1.29 is 17.9 Å². The molecular formula is C22H25Cl3N2O4S. The van der Waals surface area contributed by atoms with E-state index >= 15 is 0 Å². The molecule has 1 amide bonds. The van der Waals surface area contributed by atoms with Gasteiger partial charge >= 0.3 is 0 Å². The molecule has 6 nitrogen and oxygen atoms in total. The molecule has 174 valence electrons. The first-order valence-corrected chi connectivity index (χ1v) is 13.0. The van der Waals surface area contributed by atoms with Crippen molar-refractivity contribution in [2.24, 2.45) is 5.92 Å². The molecule has 32 heavy (non-hydrogen) atoms. The molecule has 2 aromatic rings. The van der Waals surface area contributed by atoms with Gasteiger partial charge in [0.2, 0.25) is 15.9 Å². The maximum Gasteiger partial charge on any atom is 0.224 e. The Balaban J connectivity index is 1.50. The molecule has 0 aliphatic carbocycles. The van der Waals surface area contributed by atoms with Crippen LogP contribution >= 0.6 is 34.8 Å². The average molecular weight is 520 g/mol. The minimum Gasteiger partial charge on any atom is -0.492 e. The molecule has 0 bridgehead atoms. The number of aryl methyl sites for hydroxylation is 1. The Bertz CT molecular complexity index is 1080. The molecule has 0 spiro atoms. The van der Waals surface area contributed by atoms with Gasteiger partial charge in [-0.25, -0.2) is 12.7 Å². The van der Waals surface area contributed by atoms with Gasteiger partial charge in [-0.3, -0.25) is 4.79 Å². The third-order valence-corrected chi connectivity index (χ3v) is 8.26. The summed E-state index contributed by atoms with van der Waals surface area (Å²) in [7, 11) is -3.59. The van der Waals surface area contributed by atoms with Gasteiger partial charge in [-0.2, -0.15) is 0 Å². The lowest BCUT2D eigenvalue weighted by Gasteiger charge is -2.31. The largest absolute Gasteiger partial charge is 0.492 e. The van der Waals surface area contributed by atoms with Gasteiger partial charge in [0.25, 0.3) is 0 Å². The lowest BCUT2D eigenvalue weighted by atomic mass is 9.99. The van der Waals surface area contributed by atoms with Gasteiger partial charge < -0.3 is 10.1 Å². The van der Waals surface area contributed by atoms with Crippen LogP contribution in [0.2, 0.25) is 15.1 Å². The van der Waals surface area contributed by atoms with E-state index in [4.69, 9.17) is 39.5 Å². The van der Waals surface area contributed by atoms with E-state index in [0.29, 0.717) is 52.3 Å². The minimum atomic E-state index is -3.59. The molecule has 0 saturated carbocycles. The first-order chi connectivity index (χ1) is 15.2. The Labute approximate surface area is 203 Å². The highest BCUT2D eigenvalue weighted by Crippen LogP contribution is 2.26. The zero-order chi connectivity index (χ0) is 23.3. The molecule has 2 aromatic carbocycles. The molecule has 10 heteroatoms. The molecule has 1 heterocycles. The minimum absolute atomic E-state index is 0.157. The van der Waals surface area contributed by atoms with Crippen molar-refractivity contribution in [3.63, 3.8) is 0 Å². The molecule has 0 aromatic heterocycles. The van der Waals surface area contributed by atoms with Crippen LogP contribution in [0.5, 0.6) is 5.75 Å².